The number of unbranched alkanes of at least 4 members (excludes halogenated alkanes) is 2. The van der Waals surface area contributed by atoms with Crippen molar-refractivity contribution < 1.29 is 9.13 Å². The highest BCUT2D eigenvalue weighted by molar-refractivity contribution is 5.56. The standard InChI is InChI=1S/C15H24FNO/c1-4-6-7-8-12(3)17-14-10-9-13(16)11-15(14)18-5-2/h9-12,17H,4-8H2,1-3H3. The quantitative estimate of drug-likeness (QED) is 0.683. The number of rotatable bonds is 8. The van der Waals surface area contributed by atoms with Crippen LogP contribution in [0.25, 0.3) is 0 Å². The summed E-state index contributed by atoms with van der Waals surface area (Å²) >= 11 is 0. The van der Waals surface area contributed by atoms with Crippen molar-refractivity contribution >= 4 is 5.69 Å². The van der Waals surface area contributed by atoms with E-state index in [4.69, 9.17) is 4.74 Å². The molecule has 3 heteroatoms. The topological polar surface area (TPSA) is 21.3 Å². The molecule has 0 aliphatic carbocycles. The molecule has 1 atom stereocenters. The van der Waals surface area contributed by atoms with Crippen LogP contribution in [-0.2, 0) is 0 Å². The van der Waals surface area contributed by atoms with Gasteiger partial charge in [-0.3, -0.25) is 0 Å². The zero-order valence-electron chi connectivity index (χ0n) is 11.6. The van der Waals surface area contributed by atoms with Crippen molar-refractivity contribution in [3.05, 3.63) is 24.0 Å². The Morgan fingerprint density at radius 1 is 1.28 bits per heavy atom. The van der Waals surface area contributed by atoms with Crippen molar-refractivity contribution in [2.45, 2.75) is 52.5 Å². The molecular weight excluding hydrogens is 229 g/mol. The summed E-state index contributed by atoms with van der Waals surface area (Å²) in [6.07, 6.45) is 4.83. The fourth-order valence-corrected chi connectivity index (χ4v) is 1.93. The number of ether oxygens (including phenoxy) is 1. The zero-order chi connectivity index (χ0) is 13.4. The molecule has 1 unspecified atom stereocenters. The molecule has 0 saturated carbocycles. The highest BCUT2D eigenvalue weighted by atomic mass is 19.1. The lowest BCUT2D eigenvalue weighted by molar-refractivity contribution is 0.339. The number of hydrogen-bond acceptors (Lipinski definition) is 2. The van der Waals surface area contributed by atoms with Crippen molar-refractivity contribution in [1.82, 2.24) is 0 Å². The van der Waals surface area contributed by atoms with Gasteiger partial charge in [-0.25, -0.2) is 4.39 Å². The van der Waals surface area contributed by atoms with Crippen LogP contribution in [0.2, 0.25) is 0 Å². The van der Waals surface area contributed by atoms with Crippen LogP contribution in [-0.4, -0.2) is 12.6 Å². The second kappa shape index (κ2) is 7.96. The van der Waals surface area contributed by atoms with Crippen LogP contribution < -0.4 is 10.1 Å². The van der Waals surface area contributed by atoms with Gasteiger partial charge in [-0.05, 0) is 32.4 Å². The van der Waals surface area contributed by atoms with Crippen molar-refractivity contribution in [2.75, 3.05) is 11.9 Å². The first-order valence-corrected chi connectivity index (χ1v) is 6.86. The minimum atomic E-state index is -0.261. The summed E-state index contributed by atoms with van der Waals surface area (Å²) in [6.45, 7) is 6.79. The molecule has 0 bridgehead atoms. The summed E-state index contributed by atoms with van der Waals surface area (Å²) in [6, 6.07) is 5.02. The maximum Gasteiger partial charge on any atom is 0.145 e. The van der Waals surface area contributed by atoms with Gasteiger partial charge < -0.3 is 10.1 Å². The van der Waals surface area contributed by atoms with Crippen molar-refractivity contribution in [3.63, 3.8) is 0 Å². The molecule has 0 heterocycles. The van der Waals surface area contributed by atoms with E-state index in [1.807, 2.05) is 6.92 Å². The minimum absolute atomic E-state index is 0.261. The smallest absolute Gasteiger partial charge is 0.145 e. The molecular formula is C15H24FNO. The number of nitrogens with one attached hydrogen (secondary N) is 1. The van der Waals surface area contributed by atoms with Crippen molar-refractivity contribution in [1.29, 1.82) is 0 Å². The third-order valence-corrected chi connectivity index (χ3v) is 2.89. The van der Waals surface area contributed by atoms with Crippen LogP contribution in [0.5, 0.6) is 5.75 Å². The molecule has 0 aliphatic heterocycles. The number of benzene rings is 1. The van der Waals surface area contributed by atoms with Gasteiger partial charge in [-0.2, -0.15) is 0 Å². The van der Waals surface area contributed by atoms with Gasteiger partial charge in [0.2, 0.25) is 0 Å². The summed E-state index contributed by atoms with van der Waals surface area (Å²) in [4.78, 5) is 0. The molecule has 1 aromatic rings. The normalized spacial score (nSPS) is 12.2. The van der Waals surface area contributed by atoms with E-state index in [-0.39, 0.29) is 5.82 Å². The Hall–Kier alpha value is -1.25. The molecule has 1 N–H and O–H groups in total. The predicted octanol–water partition coefficient (Wildman–Crippen LogP) is 4.61. The molecule has 0 spiro atoms. The Morgan fingerprint density at radius 2 is 2.06 bits per heavy atom. The van der Waals surface area contributed by atoms with Gasteiger partial charge in [0.05, 0.1) is 12.3 Å². The maximum absolute atomic E-state index is 13.1. The monoisotopic (exact) mass is 253 g/mol. The molecule has 1 aromatic carbocycles. The predicted molar refractivity (Wildman–Crippen MR) is 74.8 cm³/mol. The van der Waals surface area contributed by atoms with Crippen molar-refractivity contribution in [2.24, 2.45) is 0 Å². The van der Waals surface area contributed by atoms with Gasteiger partial charge in [-0.15, -0.1) is 0 Å². The average molecular weight is 253 g/mol. The third kappa shape index (κ3) is 4.94. The van der Waals surface area contributed by atoms with E-state index in [0.29, 0.717) is 18.4 Å². The molecule has 1 rings (SSSR count). The molecule has 18 heavy (non-hydrogen) atoms. The van der Waals surface area contributed by atoms with Crippen LogP contribution in [0, 0.1) is 5.82 Å². The SMILES string of the molecule is CCCCCC(C)Nc1ccc(F)cc1OCC. The largest absolute Gasteiger partial charge is 0.492 e. The molecule has 2 nitrogen and oxygen atoms in total. The Labute approximate surface area is 110 Å². The summed E-state index contributed by atoms with van der Waals surface area (Å²) in [5, 5.41) is 3.39. The van der Waals surface area contributed by atoms with E-state index in [2.05, 4.69) is 19.2 Å². The first-order chi connectivity index (χ1) is 8.67. The maximum atomic E-state index is 13.1. The highest BCUT2D eigenvalue weighted by Gasteiger charge is 2.08. The van der Waals surface area contributed by atoms with Crippen LogP contribution in [0.3, 0.4) is 0 Å². The molecule has 0 aliphatic rings. The van der Waals surface area contributed by atoms with E-state index < -0.39 is 0 Å². The van der Waals surface area contributed by atoms with Gasteiger partial charge in [0.1, 0.15) is 11.6 Å². The van der Waals surface area contributed by atoms with Gasteiger partial charge >= 0.3 is 0 Å². The molecule has 0 radical (unpaired) electrons. The Balaban J connectivity index is 2.59. The molecule has 102 valence electrons. The van der Waals surface area contributed by atoms with E-state index in [1.54, 1.807) is 6.07 Å². The highest BCUT2D eigenvalue weighted by Crippen LogP contribution is 2.26. The van der Waals surface area contributed by atoms with E-state index in [0.717, 1.165) is 12.1 Å². The Bertz CT molecular complexity index is 354. The number of anilines is 1. The van der Waals surface area contributed by atoms with Gasteiger partial charge in [0, 0.05) is 12.1 Å². The fraction of sp³-hybridized carbons (Fsp3) is 0.600. The lowest BCUT2D eigenvalue weighted by atomic mass is 10.1. The fourth-order valence-electron chi connectivity index (χ4n) is 1.93. The second-order valence-corrected chi connectivity index (χ2v) is 4.61. The lowest BCUT2D eigenvalue weighted by Crippen LogP contribution is -2.15. The summed E-state index contributed by atoms with van der Waals surface area (Å²) in [7, 11) is 0. The first kappa shape index (κ1) is 14.8. The number of hydrogen-bond donors (Lipinski definition) is 1. The first-order valence-electron chi connectivity index (χ1n) is 6.86. The molecule has 0 saturated heterocycles. The molecule has 0 aromatic heterocycles. The Kier molecular flexibility index (Phi) is 6.55. The zero-order valence-corrected chi connectivity index (χ0v) is 11.6. The second-order valence-electron chi connectivity index (χ2n) is 4.61. The Morgan fingerprint density at radius 3 is 2.72 bits per heavy atom. The molecule has 0 amide bonds. The summed E-state index contributed by atoms with van der Waals surface area (Å²) in [5.41, 5.74) is 0.877. The summed E-state index contributed by atoms with van der Waals surface area (Å²) in [5.74, 6) is 0.336. The van der Waals surface area contributed by atoms with Gasteiger partial charge in [0.15, 0.2) is 0 Å². The summed E-state index contributed by atoms with van der Waals surface area (Å²) < 4.78 is 18.6. The van der Waals surface area contributed by atoms with Crippen LogP contribution in [0.4, 0.5) is 10.1 Å². The van der Waals surface area contributed by atoms with Gasteiger partial charge in [0.25, 0.3) is 0 Å². The molecule has 0 fully saturated rings. The average Bonchev–Trinajstić information content (AvgIpc) is 2.33. The van der Waals surface area contributed by atoms with Crippen molar-refractivity contribution in [3.8, 4) is 5.75 Å². The van der Waals surface area contributed by atoms with E-state index >= 15 is 0 Å². The number of halogens is 1. The van der Waals surface area contributed by atoms with Crippen LogP contribution in [0.1, 0.15) is 46.5 Å². The lowest BCUT2D eigenvalue weighted by Gasteiger charge is -2.18. The van der Waals surface area contributed by atoms with Gasteiger partial charge in [-0.1, -0.05) is 26.2 Å². The minimum Gasteiger partial charge on any atom is -0.492 e. The van der Waals surface area contributed by atoms with E-state index in [1.165, 1.54) is 31.4 Å². The third-order valence-electron chi connectivity index (χ3n) is 2.89. The van der Waals surface area contributed by atoms with E-state index in [9.17, 15) is 4.39 Å². The van der Waals surface area contributed by atoms with Crippen LogP contribution >= 0.6 is 0 Å². The van der Waals surface area contributed by atoms with Crippen LogP contribution in [0.15, 0.2) is 18.2 Å².